The van der Waals surface area contributed by atoms with Crippen molar-refractivity contribution in [2.45, 2.75) is 33.2 Å². The van der Waals surface area contributed by atoms with Gasteiger partial charge in [-0.3, -0.25) is 4.98 Å². The van der Waals surface area contributed by atoms with E-state index in [0.29, 0.717) is 10.0 Å². The Balaban J connectivity index is 2.44. The number of hydrogen-bond acceptors (Lipinski definition) is 2. The monoisotopic (exact) mass is 322 g/mol. The molecule has 0 spiro atoms. The minimum atomic E-state index is 0.0281. The zero-order chi connectivity index (χ0) is 15.4. The summed E-state index contributed by atoms with van der Waals surface area (Å²) in [6, 6.07) is 7.94. The van der Waals surface area contributed by atoms with Crippen LogP contribution in [0.25, 0.3) is 0 Å². The van der Waals surface area contributed by atoms with Gasteiger partial charge in [-0.2, -0.15) is 0 Å². The Kier molecular flexibility index (Phi) is 5.63. The lowest BCUT2D eigenvalue weighted by molar-refractivity contribution is 0.583. The first-order chi connectivity index (χ1) is 10.0. The number of nitrogens with one attached hydrogen (secondary N) is 1. The fraction of sp³-hybridized carbons (Fsp3) is 0.353. The van der Waals surface area contributed by atoms with E-state index in [9.17, 15) is 0 Å². The lowest BCUT2D eigenvalue weighted by Crippen LogP contribution is -2.25. The smallest absolute Gasteiger partial charge is 0.0754 e. The Morgan fingerprint density at radius 3 is 2.52 bits per heavy atom. The minimum absolute atomic E-state index is 0.0281. The van der Waals surface area contributed by atoms with E-state index in [1.807, 2.05) is 24.4 Å². The third-order valence-corrected chi connectivity index (χ3v) is 4.14. The van der Waals surface area contributed by atoms with Gasteiger partial charge in [0.05, 0.1) is 21.8 Å². The van der Waals surface area contributed by atoms with E-state index in [2.05, 4.69) is 37.1 Å². The van der Waals surface area contributed by atoms with Crippen molar-refractivity contribution >= 4 is 23.2 Å². The van der Waals surface area contributed by atoms with Crippen LogP contribution in [0, 0.1) is 13.8 Å². The van der Waals surface area contributed by atoms with Crippen LogP contribution < -0.4 is 5.32 Å². The topological polar surface area (TPSA) is 24.9 Å². The molecule has 1 aromatic heterocycles. The summed E-state index contributed by atoms with van der Waals surface area (Å²) >= 11 is 12.2. The number of aromatic nitrogens is 1. The van der Waals surface area contributed by atoms with Crippen molar-refractivity contribution in [3.05, 3.63) is 62.9 Å². The molecule has 0 saturated carbocycles. The van der Waals surface area contributed by atoms with Crippen molar-refractivity contribution in [2.24, 2.45) is 0 Å². The summed E-state index contributed by atoms with van der Waals surface area (Å²) in [4.78, 5) is 4.62. The first-order valence-electron chi connectivity index (χ1n) is 7.14. The van der Waals surface area contributed by atoms with Gasteiger partial charge in [-0.05, 0) is 55.6 Å². The molecular weight excluding hydrogens is 303 g/mol. The molecule has 1 unspecified atom stereocenters. The Morgan fingerprint density at radius 1 is 1.14 bits per heavy atom. The largest absolute Gasteiger partial charge is 0.305 e. The molecule has 0 radical (unpaired) electrons. The Hall–Kier alpha value is -1.09. The molecule has 4 heteroatoms. The van der Waals surface area contributed by atoms with Crippen LogP contribution in [0.1, 0.15) is 41.8 Å². The van der Waals surface area contributed by atoms with Crippen LogP contribution in [0.2, 0.25) is 10.0 Å². The summed E-state index contributed by atoms with van der Waals surface area (Å²) in [5.74, 6) is 0. The van der Waals surface area contributed by atoms with Gasteiger partial charge in [0, 0.05) is 6.20 Å². The number of pyridine rings is 1. The van der Waals surface area contributed by atoms with E-state index in [0.717, 1.165) is 24.2 Å². The summed E-state index contributed by atoms with van der Waals surface area (Å²) in [5, 5.41) is 4.69. The van der Waals surface area contributed by atoms with E-state index in [-0.39, 0.29) is 6.04 Å². The molecule has 0 aliphatic rings. The van der Waals surface area contributed by atoms with Crippen LogP contribution in [0.5, 0.6) is 0 Å². The zero-order valence-corrected chi connectivity index (χ0v) is 14.1. The molecule has 0 aliphatic carbocycles. The predicted octanol–water partition coefficient (Wildman–Crippen LogP) is 5.09. The highest BCUT2D eigenvalue weighted by Crippen LogP contribution is 2.29. The van der Waals surface area contributed by atoms with Crippen molar-refractivity contribution in [3.8, 4) is 0 Å². The normalized spacial score (nSPS) is 12.4. The molecule has 0 saturated heterocycles. The van der Waals surface area contributed by atoms with E-state index >= 15 is 0 Å². The summed E-state index contributed by atoms with van der Waals surface area (Å²) in [6.45, 7) is 7.21. The van der Waals surface area contributed by atoms with Crippen molar-refractivity contribution in [2.75, 3.05) is 6.54 Å². The summed E-state index contributed by atoms with van der Waals surface area (Å²) in [5.41, 5.74) is 4.46. The second kappa shape index (κ2) is 7.26. The number of nitrogens with zero attached hydrogens (tertiary/aromatic N) is 1. The third kappa shape index (κ3) is 3.97. The number of hydrogen-bond donors (Lipinski definition) is 1. The van der Waals surface area contributed by atoms with Gasteiger partial charge in [0.2, 0.25) is 0 Å². The maximum absolute atomic E-state index is 6.16. The quantitative estimate of drug-likeness (QED) is 0.828. The van der Waals surface area contributed by atoms with Gasteiger partial charge < -0.3 is 5.32 Å². The molecular formula is C17H20Cl2N2. The molecule has 2 nitrogen and oxygen atoms in total. The lowest BCUT2D eigenvalue weighted by Gasteiger charge is -2.21. The predicted molar refractivity (Wildman–Crippen MR) is 90.3 cm³/mol. The van der Waals surface area contributed by atoms with Gasteiger partial charge in [0.25, 0.3) is 0 Å². The third-order valence-electron chi connectivity index (χ3n) is 3.40. The van der Waals surface area contributed by atoms with Gasteiger partial charge in [0.1, 0.15) is 0 Å². The van der Waals surface area contributed by atoms with Gasteiger partial charge in [-0.1, -0.05) is 42.3 Å². The highest BCUT2D eigenvalue weighted by Gasteiger charge is 2.18. The molecule has 2 rings (SSSR count). The van der Waals surface area contributed by atoms with Crippen molar-refractivity contribution in [1.82, 2.24) is 10.3 Å². The molecule has 2 aromatic rings. The van der Waals surface area contributed by atoms with Crippen LogP contribution in [-0.4, -0.2) is 11.5 Å². The number of aryl methyl sites for hydroxylation is 2. The number of benzene rings is 1. The molecule has 1 heterocycles. The molecule has 112 valence electrons. The summed E-state index contributed by atoms with van der Waals surface area (Å²) in [6.07, 6.45) is 2.96. The van der Waals surface area contributed by atoms with E-state index in [1.54, 1.807) is 0 Å². The van der Waals surface area contributed by atoms with Crippen molar-refractivity contribution in [1.29, 1.82) is 0 Å². The van der Waals surface area contributed by atoms with Crippen LogP contribution in [0.4, 0.5) is 0 Å². The lowest BCUT2D eigenvalue weighted by atomic mass is 9.99. The van der Waals surface area contributed by atoms with Gasteiger partial charge in [-0.15, -0.1) is 0 Å². The molecule has 1 N–H and O–H groups in total. The fourth-order valence-electron chi connectivity index (χ4n) is 2.38. The average molecular weight is 323 g/mol. The standard InChI is InChI=1S/C17H20Cl2N2/c1-4-7-20-17(13-5-6-14(18)15(19)9-13)16-12(3)8-11(2)10-21-16/h5-6,8-10,17,20H,4,7H2,1-3H3. The van der Waals surface area contributed by atoms with Crippen LogP contribution >= 0.6 is 23.2 Å². The first kappa shape index (κ1) is 16.3. The van der Waals surface area contributed by atoms with Crippen molar-refractivity contribution < 1.29 is 0 Å². The molecule has 0 amide bonds. The van der Waals surface area contributed by atoms with Gasteiger partial charge >= 0.3 is 0 Å². The van der Waals surface area contributed by atoms with E-state index < -0.39 is 0 Å². The number of halogens is 2. The Labute approximate surface area is 136 Å². The molecule has 1 aromatic carbocycles. The van der Waals surface area contributed by atoms with E-state index in [4.69, 9.17) is 23.2 Å². The van der Waals surface area contributed by atoms with Gasteiger partial charge in [-0.25, -0.2) is 0 Å². The maximum atomic E-state index is 6.16. The molecule has 0 bridgehead atoms. The maximum Gasteiger partial charge on any atom is 0.0754 e. The van der Waals surface area contributed by atoms with Gasteiger partial charge in [0.15, 0.2) is 0 Å². The van der Waals surface area contributed by atoms with Crippen molar-refractivity contribution in [3.63, 3.8) is 0 Å². The highest BCUT2D eigenvalue weighted by atomic mass is 35.5. The second-order valence-corrected chi connectivity index (χ2v) is 6.09. The minimum Gasteiger partial charge on any atom is -0.305 e. The Morgan fingerprint density at radius 2 is 1.90 bits per heavy atom. The fourth-order valence-corrected chi connectivity index (χ4v) is 2.69. The molecule has 0 aliphatic heterocycles. The Bertz CT molecular complexity index is 626. The first-order valence-corrected chi connectivity index (χ1v) is 7.90. The van der Waals surface area contributed by atoms with Crippen LogP contribution in [0.3, 0.4) is 0 Å². The van der Waals surface area contributed by atoms with Crippen LogP contribution in [0.15, 0.2) is 30.5 Å². The zero-order valence-electron chi connectivity index (χ0n) is 12.6. The summed E-state index contributed by atoms with van der Waals surface area (Å²) < 4.78 is 0. The molecule has 1 atom stereocenters. The van der Waals surface area contributed by atoms with Crippen LogP contribution in [-0.2, 0) is 0 Å². The number of rotatable bonds is 5. The molecule has 21 heavy (non-hydrogen) atoms. The summed E-state index contributed by atoms with van der Waals surface area (Å²) in [7, 11) is 0. The highest BCUT2D eigenvalue weighted by molar-refractivity contribution is 6.42. The second-order valence-electron chi connectivity index (χ2n) is 5.28. The van der Waals surface area contributed by atoms with E-state index in [1.165, 1.54) is 11.1 Å². The molecule has 0 fully saturated rings. The SMILES string of the molecule is CCCNC(c1ccc(Cl)c(Cl)c1)c1ncc(C)cc1C. The average Bonchev–Trinajstić information content (AvgIpc) is 2.44.